The van der Waals surface area contributed by atoms with Gasteiger partial charge in [0.05, 0.1) is 19.1 Å². The van der Waals surface area contributed by atoms with Gasteiger partial charge in [0, 0.05) is 25.4 Å². The Kier molecular flexibility index (Phi) is 5.98. The van der Waals surface area contributed by atoms with Crippen molar-refractivity contribution in [3.05, 3.63) is 0 Å². The molecule has 0 aromatic carbocycles. The van der Waals surface area contributed by atoms with Crippen molar-refractivity contribution in [3.63, 3.8) is 0 Å². The van der Waals surface area contributed by atoms with Crippen LogP contribution < -0.4 is 10.6 Å². The zero-order valence-electron chi connectivity index (χ0n) is 8.54. The Morgan fingerprint density at radius 3 is 3.21 bits per heavy atom. The van der Waals surface area contributed by atoms with E-state index in [0.717, 1.165) is 25.4 Å². The topological polar surface area (TPSA) is 50.4 Å². The maximum absolute atomic E-state index is 11.4. The molecule has 14 heavy (non-hydrogen) atoms. The molecule has 0 aliphatic carbocycles. The Morgan fingerprint density at radius 1 is 1.71 bits per heavy atom. The Hall–Kier alpha value is -0.260. The molecule has 1 rings (SSSR count). The van der Waals surface area contributed by atoms with Crippen LogP contribution in [0.2, 0.25) is 0 Å². The van der Waals surface area contributed by atoms with Crippen LogP contribution in [-0.2, 0) is 9.53 Å². The number of hydrogen-bond acceptors (Lipinski definition) is 4. The molecule has 0 saturated carbocycles. The third kappa shape index (κ3) is 4.83. The van der Waals surface area contributed by atoms with Gasteiger partial charge in [-0.05, 0) is 6.26 Å². The molecular formula is C9H18N2O2S. The van der Waals surface area contributed by atoms with E-state index in [1.165, 1.54) is 0 Å². The van der Waals surface area contributed by atoms with Gasteiger partial charge in [-0.3, -0.25) is 4.79 Å². The highest BCUT2D eigenvalue weighted by Gasteiger charge is 2.16. The summed E-state index contributed by atoms with van der Waals surface area (Å²) in [4.78, 5) is 11.4. The van der Waals surface area contributed by atoms with Crippen LogP contribution in [0, 0.1) is 0 Å². The van der Waals surface area contributed by atoms with Gasteiger partial charge in [-0.25, -0.2) is 0 Å². The highest BCUT2D eigenvalue weighted by molar-refractivity contribution is 7.98. The van der Waals surface area contributed by atoms with Crippen LogP contribution in [0.1, 0.15) is 6.42 Å². The van der Waals surface area contributed by atoms with Crippen molar-refractivity contribution in [1.82, 2.24) is 10.6 Å². The third-order valence-electron chi connectivity index (χ3n) is 2.05. The number of rotatable bonds is 5. The first kappa shape index (κ1) is 11.8. The van der Waals surface area contributed by atoms with Gasteiger partial charge in [-0.15, -0.1) is 0 Å². The van der Waals surface area contributed by atoms with Crippen molar-refractivity contribution < 1.29 is 9.53 Å². The maximum Gasteiger partial charge on any atom is 0.222 e. The normalized spacial score (nSPS) is 21.9. The highest BCUT2D eigenvalue weighted by atomic mass is 32.2. The number of amides is 1. The van der Waals surface area contributed by atoms with E-state index in [2.05, 4.69) is 10.6 Å². The first-order valence-corrected chi connectivity index (χ1v) is 6.30. The minimum Gasteiger partial charge on any atom is -0.375 e. The fraction of sp³-hybridized carbons (Fsp3) is 0.889. The van der Waals surface area contributed by atoms with Gasteiger partial charge < -0.3 is 15.4 Å². The Balaban J connectivity index is 2.06. The fourth-order valence-corrected chi connectivity index (χ4v) is 1.63. The van der Waals surface area contributed by atoms with Gasteiger partial charge in [0.1, 0.15) is 0 Å². The molecule has 1 atom stereocenters. The number of ether oxygens (including phenoxy) is 1. The third-order valence-corrected chi connectivity index (χ3v) is 2.66. The van der Waals surface area contributed by atoms with Gasteiger partial charge in [-0.1, -0.05) is 0 Å². The van der Waals surface area contributed by atoms with E-state index in [0.29, 0.717) is 13.0 Å². The second kappa shape index (κ2) is 7.09. The lowest BCUT2D eigenvalue weighted by atomic mass is 10.2. The van der Waals surface area contributed by atoms with Crippen LogP contribution in [0.15, 0.2) is 0 Å². The molecule has 1 aliphatic heterocycles. The predicted octanol–water partition coefficient (Wildman–Crippen LogP) is -0.156. The summed E-state index contributed by atoms with van der Waals surface area (Å²) in [5, 5.41) is 6.06. The van der Waals surface area contributed by atoms with E-state index in [9.17, 15) is 4.79 Å². The van der Waals surface area contributed by atoms with Crippen molar-refractivity contribution >= 4 is 17.7 Å². The van der Waals surface area contributed by atoms with Crippen LogP contribution >= 0.6 is 11.8 Å². The fourth-order valence-electron chi connectivity index (χ4n) is 1.32. The van der Waals surface area contributed by atoms with Gasteiger partial charge >= 0.3 is 0 Å². The number of thioether (sulfide) groups is 1. The molecule has 0 bridgehead atoms. The molecule has 4 nitrogen and oxygen atoms in total. The van der Waals surface area contributed by atoms with Gasteiger partial charge in [0.25, 0.3) is 0 Å². The smallest absolute Gasteiger partial charge is 0.222 e. The van der Waals surface area contributed by atoms with E-state index in [-0.39, 0.29) is 12.0 Å². The van der Waals surface area contributed by atoms with E-state index >= 15 is 0 Å². The number of morpholine rings is 1. The second-order valence-corrected chi connectivity index (χ2v) is 4.23. The minimum atomic E-state index is 0.0537. The zero-order chi connectivity index (χ0) is 10.2. The van der Waals surface area contributed by atoms with Crippen LogP contribution in [0.5, 0.6) is 0 Å². The number of carbonyl (C=O) groups is 1. The number of carbonyl (C=O) groups excluding carboxylic acids is 1. The second-order valence-electron chi connectivity index (χ2n) is 3.24. The average molecular weight is 218 g/mol. The molecule has 82 valence electrons. The standard InChI is InChI=1S/C9H18N2O2S/c1-14-5-3-11-9(12)6-8-7-10-2-4-13-8/h8,10H,2-7H2,1H3,(H,11,12). The first-order chi connectivity index (χ1) is 6.83. The van der Waals surface area contributed by atoms with Crippen molar-refractivity contribution in [1.29, 1.82) is 0 Å². The minimum absolute atomic E-state index is 0.0537. The maximum atomic E-state index is 11.4. The van der Waals surface area contributed by atoms with Crippen molar-refractivity contribution in [2.75, 3.05) is 38.2 Å². The Bertz CT molecular complexity index is 172. The van der Waals surface area contributed by atoms with Crippen LogP contribution in [0.25, 0.3) is 0 Å². The molecule has 1 saturated heterocycles. The van der Waals surface area contributed by atoms with E-state index < -0.39 is 0 Å². The molecule has 0 aromatic rings. The van der Waals surface area contributed by atoms with Crippen LogP contribution in [0.3, 0.4) is 0 Å². The molecule has 0 radical (unpaired) electrons. The summed E-state index contributed by atoms with van der Waals surface area (Å²) >= 11 is 1.73. The SMILES string of the molecule is CSCCNC(=O)CC1CNCCO1. The summed E-state index contributed by atoms with van der Waals surface area (Å²) in [5.74, 6) is 1.06. The zero-order valence-corrected chi connectivity index (χ0v) is 9.36. The van der Waals surface area contributed by atoms with E-state index in [1.54, 1.807) is 11.8 Å². The van der Waals surface area contributed by atoms with Crippen LogP contribution in [-0.4, -0.2) is 50.3 Å². The highest BCUT2D eigenvalue weighted by Crippen LogP contribution is 2.00. The summed E-state index contributed by atoms with van der Waals surface area (Å²) < 4.78 is 5.43. The van der Waals surface area contributed by atoms with Crippen LogP contribution in [0.4, 0.5) is 0 Å². The average Bonchev–Trinajstić information content (AvgIpc) is 2.20. The quantitative estimate of drug-likeness (QED) is 0.630. The largest absolute Gasteiger partial charge is 0.375 e. The molecule has 5 heteroatoms. The predicted molar refractivity (Wildman–Crippen MR) is 58.6 cm³/mol. The monoisotopic (exact) mass is 218 g/mol. The summed E-state index contributed by atoms with van der Waals surface area (Å²) in [7, 11) is 0. The summed E-state index contributed by atoms with van der Waals surface area (Å²) in [6.07, 6.45) is 2.56. The number of hydrogen-bond donors (Lipinski definition) is 2. The first-order valence-electron chi connectivity index (χ1n) is 4.91. The lowest BCUT2D eigenvalue weighted by Gasteiger charge is -2.22. The molecule has 1 fully saturated rings. The lowest BCUT2D eigenvalue weighted by Crippen LogP contribution is -2.41. The molecule has 1 amide bonds. The molecule has 1 aliphatic rings. The molecule has 2 N–H and O–H groups in total. The van der Waals surface area contributed by atoms with Crippen molar-refractivity contribution in [2.45, 2.75) is 12.5 Å². The Labute approximate surface area is 89.2 Å². The molecular weight excluding hydrogens is 200 g/mol. The van der Waals surface area contributed by atoms with Gasteiger partial charge in [-0.2, -0.15) is 11.8 Å². The van der Waals surface area contributed by atoms with Crippen molar-refractivity contribution in [2.24, 2.45) is 0 Å². The number of nitrogens with one attached hydrogen (secondary N) is 2. The summed E-state index contributed by atoms with van der Waals surface area (Å²) in [6, 6.07) is 0. The van der Waals surface area contributed by atoms with E-state index in [4.69, 9.17) is 4.74 Å². The van der Waals surface area contributed by atoms with Gasteiger partial charge in [0.15, 0.2) is 0 Å². The molecule has 0 aromatic heterocycles. The van der Waals surface area contributed by atoms with Crippen molar-refractivity contribution in [3.8, 4) is 0 Å². The molecule has 0 spiro atoms. The summed E-state index contributed by atoms with van der Waals surface area (Å²) in [5.41, 5.74) is 0. The Morgan fingerprint density at radius 2 is 2.57 bits per heavy atom. The molecule has 1 unspecified atom stereocenters. The van der Waals surface area contributed by atoms with Gasteiger partial charge in [0.2, 0.25) is 5.91 Å². The van der Waals surface area contributed by atoms with E-state index in [1.807, 2.05) is 6.26 Å². The molecule has 1 heterocycles. The lowest BCUT2D eigenvalue weighted by molar-refractivity contribution is -0.124. The summed E-state index contributed by atoms with van der Waals surface area (Å²) in [6.45, 7) is 3.14.